The molecule has 4 rings (SSSR count). The molecule has 6 nitrogen and oxygen atoms in total. The molecule has 1 heterocycles. The fraction of sp³-hybridized carbons (Fsp3) is 0.0800. The maximum atomic E-state index is 13.4. The van der Waals surface area contributed by atoms with Gasteiger partial charge >= 0.3 is 6.03 Å². The lowest BCUT2D eigenvalue weighted by molar-refractivity contribution is -0.122. The lowest BCUT2D eigenvalue weighted by atomic mass is 10.1. The lowest BCUT2D eigenvalue weighted by Gasteiger charge is -2.27. The molecule has 0 radical (unpaired) electrons. The van der Waals surface area contributed by atoms with E-state index in [1.165, 1.54) is 18.2 Å². The van der Waals surface area contributed by atoms with E-state index in [2.05, 4.69) is 37.2 Å². The van der Waals surface area contributed by atoms with Crippen molar-refractivity contribution in [3.05, 3.63) is 96.6 Å². The molecule has 4 amide bonds. The fourth-order valence-corrected chi connectivity index (χ4v) is 5.08. The first kappa shape index (κ1) is 25.1. The van der Waals surface area contributed by atoms with Crippen LogP contribution in [0.1, 0.15) is 16.7 Å². The van der Waals surface area contributed by atoms with Crippen LogP contribution in [0.15, 0.2) is 69.1 Å². The Morgan fingerprint density at radius 3 is 2.43 bits per heavy atom. The molecule has 1 saturated heterocycles. The minimum absolute atomic E-state index is 0.131. The number of benzene rings is 3. The van der Waals surface area contributed by atoms with Crippen molar-refractivity contribution in [3.63, 3.8) is 0 Å². The van der Waals surface area contributed by atoms with E-state index in [1.807, 2.05) is 0 Å². The van der Waals surface area contributed by atoms with Gasteiger partial charge in [-0.25, -0.2) is 14.1 Å². The number of halogens is 4. The number of nitrogens with one attached hydrogen (secondary N) is 1. The van der Waals surface area contributed by atoms with Gasteiger partial charge in [0, 0.05) is 5.02 Å². The van der Waals surface area contributed by atoms with Gasteiger partial charge in [0.15, 0.2) is 0 Å². The number of ether oxygens (including phenoxy) is 1. The quantitative estimate of drug-likeness (QED) is 0.259. The molecule has 0 aliphatic carbocycles. The Kier molecular flexibility index (Phi) is 7.39. The van der Waals surface area contributed by atoms with Gasteiger partial charge in [-0.2, -0.15) is 0 Å². The molecule has 3 aromatic carbocycles. The van der Waals surface area contributed by atoms with Crippen LogP contribution in [0, 0.1) is 12.7 Å². The molecule has 1 aliphatic rings. The zero-order valence-electron chi connectivity index (χ0n) is 18.1. The van der Waals surface area contributed by atoms with Crippen LogP contribution in [-0.4, -0.2) is 17.8 Å². The van der Waals surface area contributed by atoms with Gasteiger partial charge in [-0.15, -0.1) is 0 Å². The molecule has 0 aromatic heterocycles. The molecule has 0 unspecified atom stereocenters. The van der Waals surface area contributed by atoms with Crippen LogP contribution >= 0.6 is 43.5 Å². The van der Waals surface area contributed by atoms with Crippen molar-refractivity contribution in [2.45, 2.75) is 13.5 Å². The summed E-state index contributed by atoms with van der Waals surface area (Å²) in [5, 5.41) is 2.58. The maximum Gasteiger partial charge on any atom is 0.335 e. The van der Waals surface area contributed by atoms with Gasteiger partial charge in [-0.3, -0.25) is 14.9 Å². The third-order valence-electron chi connectivity index (χ3n) is 5.19. The van der Waals surface area contributed by atoms with Crippen molar-refractivity contribution in [1.82, 2.24) is 5.32 Å². The van der Waals surface area contributed by atoms with Crippen LogP contribution in [0.5, 0.6) is 5.75 Å². The predicted octanol–water partition coefficient (Wildman–Crippen LogP) is 6.56. The second-order valence-electron chi connectivity index (χ2n) is 7.57. The van der Waals surface area contributed by atoms with Crippen LogP contribution < -0.4 is 15.0 Å². The summed E-state index contributed by atoms with van der Waals surface area (Å²) >= 11 is 13.0. The van der Waals surface area contributed by atoms with Crippen LogP contribution in [0.4, 0.5) is 14.9 Å². The van der Waals surface area contributed by atoms with Gasteiger partial charge in [0.1, 0.15) is 23.7 Å². The molecule has 178 valence electrons. The summed E-state index contributed by atoms with van der Waals surface area (Å²) in [7, 11) is 0. The van der Waals surface area contributed by atoms with Crippen LogP contribution in [0.25, 0.3) is 6.08 Å². The summed E-state index contributed by atoms with van der Waals surface area (Å²) in [6.07, 6.45) is 1.38. The molecular formula is C25H16Br2ClFN2O4. The first-order chi connectivity index (χ1) is 16.7. The molecule has 1 fully saturated rings. The predicted molar refractivity (Wildman–Crippen MR) is 138 cm³/mol. The highest BCUT2D eigenvalue weighted by atomic mass is 79.9. The number of carbonyl (C=O) groups excluding carboxylic acids is 3. The summed E-state index contributed by atoms with van der Waals surface area (Å²) < 4.78 is 20.3. The number of imide groups is 2. The summed E-state index contributed by atoms with van der Waals surface area (Å²) in [6.45, 7) is 1.81. The highest BCUT2D eigenvalue weighted by Crippen LogP contribution is 2.36. The number of amides is 4. The van der Waals surface area contributed by atoms with Gasteiger partial charge in [0.2, 0.25) is 0 Å². The van der Waals surface area contributed by atoms with Crippen LogP contribution in [-0.2, 0) is 16.2 Å². The second kappa shape index (κ2) is 10.3. The molecule has 0 bridgehead atoms. The third-order valence-corrected chi connectivity index (χ3v) is 6.77. The van der Waals surface area contributed by atoms with E-state index < -0.39 is 17.8 Å². The average molecular weight is 623 g/mol. The van der Waals surface area contributed by atoms with Gasteiger partial charge in [0.05, 0.1) is 14.6 Å². The summed E-state index contributed by atoms with van der Waals surface area (Å²) in [4.78, 5) is 39.1. The Bertz CT molecular complexity index is 1390. The van der Waals surface area contributed by atoms with E-state index >= 15 is 0 Å². The van der Waals surface area contributed by atoms with Crippen molar-refractivity contribution in [1.29, 1.82) is 0 Å². The number of anilines is 1. The first-order valence-electron chi connectivity index (χ1n) is 10.2. The molecule has 10 heteroatoms. The van der Waals surface area contributed by atoms with Crippen LogP contribution in [0.3, 0.4) is 0 Å². The third kappa shape index (κ3) is 5.32. The van der Waals surface area contributed by atoms with E-state index in [4.69, 9.17) is 16.3 Å². The molecule has 3 aromatic rings. The number of hydrogen-bond donors (Lipinski definition) is 1. The number of carbonyl (C=O) groups is 3. The molecular weight excluding hydrogens is 607 g/mol. The largest absolute Gasteiger partial charge is 0.487 e. The Labute approximate surface area is 222 Å². The Morgan fingerprint density at radius 1 is 1.06 bits per heavy atom. The van der Waals surface area contributed by atoms with Crippen molar-refractivity contribution in [3.8, 4) is 5.75 Å². The van der Waals surface area contributed by atoms with Crippen molar-refractivity contribution in [2.24, 2.45) is 0 Å². The highest BCUT2D eigenvalue weighted by molar-refractivity contribution is 9.11. The molecule has 0 spiro atoms. The topological polar surface area (TPSA) is 75.7 Å². The summed E-state index contributed by atoms with van der Waals surface area (Å²) in [6, 6.07) is 13.4. The van der Waals surface area contributed by atoms with Crippen molar-refractivity contribution in [2.75, 3.05) is 4.90 Å². The van der Waals surface area contributed by atoms with E-state index in [-0.39, 0.29) is 23.7 Å². The average Bonchev–Trinajstić information content (AvgIpc) is 2.79. The molecule has 1 aliphatic heterocycles. The van der Waals surface area contributed by atoms with E-state index in [0.717, 1.165) is 4.90 Å². The molecule has 0 atom stereocenters. The second-order valence-corrected chi connectivity index (χ2v) is 9.69. The number of barbiturate groups is 1. The van der Waals surface area contributed by atoms with Gasteiger partial charge in [-0.1, -0.05) is 29.8 Å². The zero-order chi connectivity index (χ0) is 25.3. The minimum Gasteiger partial charge on any atom is -0.487 e. The molecule has 0 saturated carbocycles. The van der Waals surface area contributed by atoms with Crippen molar-refractivity contribution < 1.29 is 23.5 Å². The Morgan fingerprint density at radius 2 is 1.74 bits per heavy atom. The lowest BCUT2D eigenvalue weighted by Crippen LogP contribution is -2.54. The van der Waals surface area contributed by atoms with Crippen molar-refractivity contribution >= 4 is 73.1 Å². The maximum absolute atomic E-state index is 13.4. The normalized spacial score (nSPS) is 14.9. The Balaban J connectivity index is 1.63. The molecule has 1 N–H and O–H groups in total. The SMILES string of the molecule is Cc1c(Cl)cccc1N1C(=O)NC(=O)/C(=C\c2cc(Br)c(OCc3cccc(F)c3)c(Br)c2)C1=O. The monoisotopic (exact) mass is 620 g/mol. The van der Waals surface area contributed by atoms with Gasteiger partial charge < -0.3 is 4.74 Å². The zero-order valence-corrected chi connectivity index (χ0v) is 22.0. The standard InChI is InChI=1S/C25H16Br2ClFN2O4/c1-13-20(28)6-3-7-21(13)31-24(33)17(23(32)30-25(31)34)9-15-10-18(26)22(19(27)11-15)35-12-14-4-2-5-16(29)8-14/h2-11H,12H2,1H3,(H,30,32,34)/b17-9+. The first-order valence-corrected chi connectivity index (χ1v) is 12.1. The van der Waals surface area contributed by atoms with Gasteiger partial charge in [0.25, 0.3) is 11.8 Å². The summed E-state index contributed by atoms with van der Waals surface area (Å²) in [5.74, 6) is -1.48. The highest BCUT2D eigenvalue weighted by Gasteiger charge is 2.37. The van der Waals surface area contributed by atoms with Crippen LogP contribution in [0.2, 0.25) is 5.02 Å². The van der Waals surface area contributed by atoms with E-state index in [0.29, 0.717) is 36.4 Å². The Hall–Kier alpha value is -3.01. The smallest absolute Gasteiger partial charge is 0.335 e. The minimum atomic E-state index is -0.856. The number of nitrogens with zero attached hydrogens (tertiary/aromatic N) is 1. The molecule has 35 heavy (non-hydrogen) atoms. The fourth-order valence-electron chi connectivity index (χ4n) is 3.46. The summed E-state index contributed by atoms with van der Waals surface area (Å²) in [5.41, 5.74) is 1.73. The van der Waals surface area contributed by atoms with Gasteiger partial charge in [-0.05, 0) is 97.9 Å². The van der Waals surface area contributed by atoms with E-state index in [9.17, 15) is 18.8 Å². The van der Waals surface area contributed by atoms with E-state index in [1.54, 1.807) is 49.4 Å². The number of urea groups is 1. The number of rotatable bonds is 5. The number of hydrogen-bond acceptors (Lipinski definition) is 4.